The number of benzene rings is 4. The van der Waals surface area contributed by atoms with Crippen LogP contribution in [0.4, 0.5) is 5.69 Å². The summed E-state index contributed by atoms with van der Waals surface area (Å²) >= 11 is 0. The van der Waals surface area contributed by atoms with Gasteiger partial charge in [-0.2, -0.15) is 0 Å². The fraction of sp³-hybridized carbons (Fsp3) is 0.154. The molecule has 0 amide bonds. The second kappa shape index (κ2) is 13.5. The van der Waals surface area contributed by atoms with Crippen molar-refractivity contribution in [2.24, 2.45) is 4.99 Å². The van der Waals surface area contributed by atoms with Gasteiger partial charge in [-0.1, -0.05) is 121 Å². The molecule has 0 radical (unpaired) electrons. The molecule has 0 aromatic heterocycles. The van der Waals surface area contributed by atoms with Crippen LogP contribution in [0.15, 0.2) is 139 Å². The monoisotopic (exact) mass is 521 g/mol. The van der Waals surface area contributed by atoms with Crippen molar-refractivity contribution < 1.29 is 0 Å². The van der Waals surface area contributed by atoms with E-state index >= 15 is 0 Å². The maximum atomic E-state index is 4.97. The summed E-state index contributed by atoms with van der Waals surface area (Å²) in [5.74, 6) is 0. The molecule has 40 heavy (non-hydrogen) atoms. The third kappa shape index (κ3) is 7.12. The minimum Gasteiger partial charge on any atom is -0.253 e. The van der Waals surface area contributed by atoms with Gasteiger partial charge in [-0.25, -0.2) is 0 Å². The Kier molecular flexibility index (Phi) is 9.65. The molecule has 0 fully saturated rings. The number of hydrogen-bond acceptors (Lipinski definition) is 1. The molecule has 1 heteroatoms. The van der Waals surface area contributed by atoms with E-state index in [4.69, 9.17) is 4.99 Å². The second-order valence-electron chi connectivity index (χ2n) is 10.3. The summed E-state index contributed by atoms with van der Waals surface area (Å²) in [5.41, 5.74) is 14.0. The highest BCUT2D eigenvalue weighted by atomic mass is 14.7. The van der Waals surface area contributed by atoms with E-state index in [-0.39, 0.29) is 0 Å². The lowest BCUT2D eigenvalue weighted by Gasteiger charge is -2.17. The summed E-state index contributed by atoms with van der Waals surface area (Å²) in [6.45, 7) is 15.1. The largest absolute Gasteiger partial charge is 0.253 e. The first-order valence-electron chi connectivity index (χ1n) is 13.9. The molecule has 4 rings (SSSR count). The van der Waals surface area contributed by atoms with Crippen LogP contribution >= 0.6 is 0 Å². The Morgan fingerprint density at radius 3 is 2.12 bits per heavy atom. The van der Waals surface area contributed by atoms with Crippen LogP contribution in [0.2, 0.25) is 0 Å². The molecule has 0 aliphatic heterocycles. The van der Waals surface area contributed by atoms with Gasteiger partial charge in [-0.15, -0.1) is 0 Å². The average molecular weight is 522 g/mol. The topological polar surface area (TPSA) is 12.4 Å². The van der Waals surface area contributed by atoms with E-state index in [1.807, 2.05) is 38.2 Å². The standard InChI is InChI=1S/C39H39N/c1-7-8-10-19-32(6)40-39-27-38(36-23-16-14-18-30(36)4)34(26-31(39)5)24-28(2)25-37(33-20-11-9-12-21-33)35-22-15-13-17-29(35)3/h7-23,25-27H,2,24H2,1,3-6H3/b8-7-,19-10-,37-25-,40-32?. The SMILES string of the molecule is C=C(/C=C(/c1ccccc1)c1ccccc1C)Cc1cc(C)c(N=C(C)/C=C\C=C/C)cc1-c1ccccc1C. The molecular formula is C39H39N. The van der Waals surface area contributed by atoms with Crippen molar-refractivity contribution in [3.8, 4) is 11.1 Å². The van der Waals surface area contributed by atoms with Gasteiger partial charge in [-0.3, -0.25) is 4.99 Å². The summed E-state index contributed by atoms with van der Waals surface area (Å²) in [7, 11) is 0. The fourth-order valence-corrected chi connectivity index (χ4v) is 4.99. The number of aliphatic imine (C=N–C) groups is 1. The number of aryl methyl sites for hydroxylation is 3. The van der Waals surface area contributed by atoms with Crippen molar-refractivity contribution in [1.82, 2.24) is 0 Å². The highest BCUT2D eigenvalue weighted by Gasteiger charge is 2.14. The summed E-state index contributed by atoms with van der Waals surface area (Å²) < 4.78 is 0. The van der Waals surface area contributed by atoms with Crippen molar-refractivity contribution in [3.63, 3.8) is 0 Å². The Balaban J connectivity index is 1.80. The highest BCUT2D eigenvalue weighted by molar-refractivity contribution is 5.95. The molecular weight excluding hydrogens is 482 g/mol. The smallest absolute Gasteiger partial charge is 0.0668 e. The van der Waals surface area contributed by atoms with Gasteiger partial charge in [0.1, 0.15) is 0 Å². The second-order valence-corrected chi connectivity index (χ2v) is 10.3. The van der Waals surface area contributed by atoms with E-state index in [2.05, 4.69) is 124 Å². The third-order valence-corrected chi connectivity index (χ3v) is 7.08. The summed E-state index contributed by atoms with van der Waals surface area (Å²) in [5, 5.41) is 0. The molecule has 200 valence electrons. The molecule has 0 N–H and O–H groups in total. The van der Waals surface area contributed by atoms with Crippen molar-refractivity contribution in [3.05, 3.63) is 167 Å². The number of hydrogen-bond donors (Lipinski definition) is 0. The number of allylic oxidation sites excluding steroid dienone is 6. The number of nitrogens with zero attached hydrogens (tertiary/aromatic N) is 1. The van der Waals surface area contributed by atoms with Gasteiger partial charge in [0, 0.05) is 5.71 Å². The molecule has 0 saturated carbocycles. The van der Waals surface area contributed by atoms with Crippen LogP contribution in [0.5, 0.6) is 0 Å². The van der Waals surface area contributed by atoms with E-state index in [0.717, 1.165) is 29.0 Å². The molecule has 0 heterocycles. The van der Waals surface area contributed by atoms with Crippen LogP contribution in [0, 0.1) is 20.8 Å². The molecule has 0 unspecified atom stereocenters. The van der Waals surface area contributed by atoms with E-state index in [9.17, 15) is 0 Å². The first-order chi connectivity index (χ1) is 19.4. The Morgan fingerprint density at radius 2 is 1.43 bits per heavy atom. The Morgan fingerprint density at radius 1 is 0.750 bits per heavy atom. The minimum atomic E-state index is 0.747. The van der Waals surface area contributed by atoms with Crippen molar-refractivity contribution in [2.75, 3.05) is 0 Å². The fourth-order valence-electron chi connectivity index (χ4n) is 4.99. The van der Waals surface area contributed by atoms with Gasteiger partial charge in [0.15, 0.2) is 0 Å². The van der Waals surface area contributed by atoms with E-state index in [1.54, 1.807) is 0 Å². The van der Waals surface area contributed by atoms with Crippen LogP contribution < -0.4 is 0 Å². The van der Waals surface area contributed by atoms with Gasteiger partial charge in [0.05, 0.1) is 5.69 Å². The minimum absolute atomic E-state index is 0.747. The highest BCUT2D eigenvalue weighted by Crippen LogP contribution is 2.35. The summed E-state index contributed by atoms with van der Waals surface area (Å²) in [6.07, 6.45) is 11.1. The lowest BCUT2D eigenvalue weighted by molar-refractivity contribution is 1.19. The summed E-state index contributed by atoms with van der Waals surface area (Å²) in [6, 6.07) is 32.3. The Bertz CT molecular complexity index is 1610. The van der Waals surface area contributed by atoms with Crippen LogP contribution in [-0.2, 0) is 6.42 Å². The van der Waals surface area contributed by atoms with E-state index in [1.165, 1.54) is 44.5 Å². The molecule has 0 aliphatic carbocycles. The Hall–Kier alpha value is -4.49. The number of rotatable bonds is 9. The molecule has 0 bridgehead atoms. The zero-order valence-corrected chi connectivity index (χ0v) is 24.4. The summed E-state index contributed by atoms with van der Waals surface area (Å²) in [4.78, 5) is 4.97. The van der Waals surface area contributed by atoms with Gasteiger partial charge >= 0.3 is 0 Å². The quantitative estimate of drug-likeness (QED) is 0.153. The molecule has 0 spiro atoms. The van der Waals surface area contributed by atoms with Crippen LogP contribution in [-0.4, -0.2) is 5.71 Å². The normalized spacial score (nSPS) is 12.4. The van der Waals surface area contributed by atoms with Crippen molar-refractivity contribution in [1.29, 1.82) is 0 Å². The van der Waals surface area contributed by atoms with Crippen LogP contribution in [0.1, 0.15) is 47.2 Å². The van der Waals surface area contributed by atoms with Crippen molar-refractivity contribution in [2.45, 2.75) is 41.0 Å². The van der Waals surface area contributed by atoms with Gasteiger partial charge in [0.2, 0.25) is 0 Å². The maximum absolute atomic E-state index is 4.97. The Labute approximate surface area is 240 Å². The van der Waals surface area contributed by atoms with Gasteiger partial charge < -0.3 is 0 Å². The van der Waals surface area contributed by atoms with Crippen molar-refractivity contribution >= 4 is 17.0 Å². The van der Waals surface area contributed by atoms with Gasteiger partial charge in [-0.05, 0) is 103 Å². The third-order valence-electron chi connectivity index (χ3n) is 7.08. The van der Waals surface area contributed by atoms with Crippen LogP contribution in [0.3, 0.4) is 0 Å². The predicted octanol–water partition coefficient (Wildman–Crippen LogP) is 10.7. The molecule has 0 saturated heterocycles. The first kappa shape index (κ1) is 28.5. The predicted molar refractivity (Wildman–Crippen MR) is 176 cm³/mol. The molecule has 1 nitrogen and oxygen atoms in total. The lowest BCUT2D eigenvalue weighted by Crippen LogP contribution is -1.98. The average Bonchev–Trinajstić information content (AvgIpc) is 2.95. The zero-order chi connectivity index (χ0) is 28.5. The molecule has 4 aromatic carbocycles. The molecule has 0 aliphatic rings. The van der Waals surface area contributed by atoms with Gasteiger partial charge in [0.25, 0.3) is 0 Å². The van der Waals surface area contributed by atoms with Crippen LogP contribution in [0.25, 0.3) is 16.7 Å². The zero-order valence-electron chi connectivity index (χ0n) is 24.4. The van der Waals surface area contributed by atoms with E-state index < -0.39 is 0 Å². The maximum Gasteiger partial charge on any atom is 0.0668 e. The van der Waals surface area contributed by atoms with E-state index in [0.29, 0.717) is 0 Å². The molecule has 0 atom stereocenters. The lowest BCUT2D eigenvalue weighted by atomic mass is 9.88. The molecule has 4 aromatic rings. The first-order valence-corrected chi connectivity index (χ1v) is 13.9.